The fraction of sp³-hybridized carbons (Fsp3) is 1.00. The van der Waals surface area contributed by atoms with Gasteiger partial charge in [-0.15, -0.1) is 0 Å². The molecule has 2 heterocycles. The quantitative estimate of drug-likeness (QED) is 0.690. The molecule has 0 radical (unpaired) electrons. The van der Waals surface area contributed by atoms with Gasteiger partial charge < -0.3 is 14.4 Å². The third-order valence-corrected chi connectivity index (χ3v) is 4.10. The van der Waals surface area contributed by atoms with E-state index in [4.69, 9.17) is 14.1 Å². The van der Waals surface area contributed by atoms with Crippen molar-refractivity contribution in [3.8, 4) is 0 Å². The summed E-state index contributed by atoms with van der Waals surface area (Å²) >= 11 is 0. The Bertz CT molecular complexity index is 265. The van der Waals surface area contributed by atoms with E-state index in [1.54, 1.807) is 0 Å². The van der Waals surface area contributed by atoms with Crippen LogP contribution in [0.2, 0.25) is 0 Å². The Morgan fingerprint density at radius 2 is 1.50 bits per heavy atom. The van der Waals surface area contributed by atoms with Crippen LogP contribution in [0, 0.1) is 0 Å². The van der Waals surface area contributed by atoms with Gasteiger partial charge in [-0.3, -0.25) is 0 Å². The molecule has 1 atom stereocenters. The first-order valence-electron chi connectivity index (χ1n) is 5.37. The fourth-order valence-corrected chi connectivity index (χ4v) is 2.87. The predicted molar refractivity (Wildman–Crippen MR) is 55.7 cm³/mol. The number of hydroxylamine groups is 2. The number of hydrogen-bond donors (Lipinski definition) is 1. The van der Waals surface area contributed by atoms with Crippen LogP contribution in [-0.2, 0) is 18.7 Å². The van der Waals surface area contributed by atoms with Gasteiger partial charge in [-0.2, -0.15) is 5.06 Å². The topological polar surface area (TPSA) is 71.5 Å². The molecule has 2 rings (SSSR count). The van der Waals surface area contributed by atoms with Crippen LogP contribution in [-0.4, -0.2) is 67.2 Å². The normalized spacial score (nSPS) is 28.8. The summed E-state index contributed by atoms with van der Waals surface area (Å²) in [7, 11) is -3.71. The SMILES string of the molecule is O=P(O)(ON1CCOCC1)N1CCOCC1. The first-order chi connectivity index (χ1) is 7.68. The average molecular weight is 252 g/mol. The van der Waals surface area contributed by atoms with Gasteiger partial charge in [0.1, 0.15) is 0 Å². The lowest BCUT2D eigenvalue weighted by atomic mass is 10.5. The van der Waals surface area contributed by atoms with E-state index in [-0.39, 0.29) is 0 Å². The molecule has 2 aliphatic rings. The van der Waals surface area contributed by atoms with E-state index < -0.39 is 7.75 Å². The number of nitrogens with zero attached hydrogens (tertiary/aromatic N) is 2. The monoisotopic (exact) mass is 252 g/mol. The van der Waals surface area contributed by atoms with Crippen LogP contribution >= 0.6 is 7.75 Å². The van der Waals surface area contributed by atoms with Gasteiger partial charge in [-0.25, -0.2) is 13.9 Å². The lowest BCUT2D eigenvalue weighted by molar-refractivity contribution is -0.131. The molecule has 2 aliphatic heterocycles. The molecular formula is C8H17N2O5P. The zero-order chi connectivity index (χ0) is 11.4. The van der Waals surface area contributed by atoms with Crippen molar-refractivity contribution in [2.75, 3.05) is 52.6 Å². The van der Waals surface area contributed by atoms with E-state index in [9.17, 15) is 9.46 Å². The van der Waals surface area contributed by atoms with E-state index in [0.717, 1.165) is 0 Å². The summed E-state index contributed by atoms with van der Waals surface area (Å²) in [5, 5.41) is 1.50. The molecule has 8 heteroatoms. The van der Waals surface area contributed by atoms with E-state index in [1.807, 2.05) is 0 Å². The van der Waals surface area contributed by atoms with Crippen molar-refractivity contribution in [3.63, 3.8) is 0 Å². The Morgan fingerprint density at radius 3 is 2.06 bits per heavy atom. The van der Waals surface area contributed by atoms with Crippen LogP contribution in [0.5, 0.6) is 0 Å². The minimum absolute atomic E-state index is 0.429. The summed E-state index contributed by atoms with van der Waals surface area (Å²) in [6.45, 7) is 3.90. The zero-order valence-corrected chi connectivity index (χ0v) is 9.97. The molecule has 1 N–H and O–H groups in total. The molecule has 0 saturated carbocycles. The molecule has 0 bridgehead atoms. The summed E-state index contributed by atoms with van der Waals surface area (Å²) in [4.78, 5) is 9.81. The molecule has 94 valence electrons. The summed E-state index contributed by atoms with van der Waals surface area (Å²) in [6.07, 6.45) is 0. The Kier molecular flexibility index (Phi) is 4.32. The van der Waals surface area contributed by atoms with Crippen LogP contribution in [0.1, 0.15) is 0 Å². The van der Waals surface area contributed by atoms with Crippen molar-refractivity contribution in [2.24, 2.45) is 0 Å². The number of hydrogen-bond acceptors (Lipinski definition) is 5. The molecule has 0 aromatic rings. The molecular weight excluding hydrogens is 235 g/mol. The molecule has 0 amide bonds. The van der Waals surface area contributed by atoms with Crippen LogP contribution in [0.4, 0.5) is 0 Å². The van der Waals surface area contributed by atoms with Gasteiger partial charge in [0.15, 0.2) is 0 Å². The van der Waals surface area contributed by atoms with Crippen LogP contribution in [0.25, 0.3) is 0 Å². The minimum Gasteiger partial charge on any atom is -0.379 e. The Balaban J connectivity index is 1.87. The molecule has 0 spiro atoms. The summed E-state index contributed by atoms with van der Waals surface area (Å²) in [5.41, 5.74) is 0. The highest BCUT2D eigenvalue weighted by atomic mass is 31.2. The second-order valence-corrected chi connectivity index (χ2v) is 5.39. The maximum absolute atomic E-state index is 12.0. The Morgan fingerprint density at radius 1 is 1.00 bits per heavy atom. The fourth-order valence-electron chi connectivity index (χ4n) is 1.64. The summed E-state index contributed by atoms with van der Waals surface area (Å²) in [5.74, 6) is 0. The standard InChI is InChI=1S/C8H17N2O5P/c11-16(12,10-3-7-14-8-4-10)15-9-1-5-13-6-2-9/h1-8H2,(H,11,12). The van der Waals surface area contributed by atoms with Crippen molar-refractivity contribution in [2.45, 2.75) is 0 Å². The van der Waals surface area contributed by atoms with Crippen molar-refractivity contribution < 1.29 is 23.6 Å². The lowest BCUT2D eigenvalue weighted by Gasteiger charge is -2.33. The van der Waals surface area contributed by atoms with Gasteiger partial charge in [0.25, 0.3) is 0 Å². The third kappa shape index (κ3) is 3.24. The van der Waals surface area contributed by atoms with Gasteiger partial charge in [0.2, 0.25) is 0 Å². The first kappa shape index (κ1) is 12.4. The van der Waals surface area contributed by atoms with Gasteiger partial charge in [-0.1, -0.05) is 0 Å². The predicted octanol–water partition coefficient (Wildman–Crippen LogP) is -0.317. The summed E-state index contributed by atoms with van der Waals surface area (Å²) in [6, 6.07) is 0. The van der Waals surface area contributed by atoms with E-state index in [0.29, 0.717) is 52.6 Å². The molecule has 0 aromatic carbocycles. The van der Waals surface area contributed by atoms with Crippen LogP contribution in [0.3, 0.4) is 0 Å². The second kappa shape index (κ2) is 5.55. The van der Waals surface area contributed by atoms with Gasteiger partial charge >= 0.3 is 7.75 Å². The molecule has 1 unspecified atom stereocenters. The van der Waals surface area contributed by atoms with Crippen LogP contribution < -0.4 is 0 Å². The van der Waals surface area contributed by atoms with E-state index in [1.165, 1.54) is 9.73 Å². The molecule has 0 aromatic heterocycles. The zero-order valence-electron chi connectivity index (χ0n) is 9.08. The smallest absolute Gasteiger partial charge is 0.379 e. The molecule has 2 fully saturated rings. The first-order valence-corrected chi connectivity index (χ1v) is 6.90. The number of ether oxygens (including phenoxy) is 2. The minimum atomic E-state index is -3.71. The van der Waals surface area contributed by atoms with Gasteiger partial charge in [0, 0.05) is 26.2 Å². The van der Waals surface area contributed by atoms with Crippen molar-refractivity contribution in [1.29, 1.82) is 0 Å². The maximum atomic E-state index is 12.0. The van der Waals surface area contributed by atoms with Crippen LogP contribution in [0.15, 0.2) is 0 Å². The highest BCUT2D eigenvalue weighted by Crippen LogP contribution is 2.47. The van der Waals surface area contributed by atoms with Crippen molar-refractivity contribution in [3.05, 3.63) is 0 Å². The van der Waals surface area contributed by atoms with Crippen molar-refractivity contribution in [1.82, 2.24) is 9.73 Å². The largest absolute Gasteiger partial charge is 0.422 e. The lowest BCUT2D eigenvalue weighted by Crippen LogP contribution is -2.40. The van der Waals surface area contributed by atoms with Crippen molar-refractivity contribution >= 4 is 7.75 Å². The second-order valence-electron chi connectivity index (χ2n) is 3.68. The number of rotatable bonds is 3. The Labute approximate surface area is 94.4 Å². The highest BCUT2D eigenvalue weighted by Gasteiger charge is 2.34. The third-order valence-electron chi connectivity index (χ3n) is 2.54. The van der Waals surface area contributed by atoms with Gasteiger partial charge in [0.05, 0.1) is 26.4 Å². The maximum Gasteiger partial charge on any atom is 0.422 e. The molecule has 2 saturated heterocycles. The Hall–Kier alpha value is -0.0100. The molecule has 16 heavy (non-hydrogen) atoms. The highest BCUT2D eigenvalue weighted by molar-refractivity contribution is 7.50. The van der Waals surface area contributed by atoms with E-state index in [2.05, 4.69) is 0 Å². The average Bonchev–Trinajstić information content (AvgIpc) is 2.31. The number of morpholine rings is 2. The van der Waals surface area contributed by atoms with Gasteiger partial charge in [-0.05, 0) is 0 Å². The molecule has 0 aliphatic carbocycles. The summed E-state index contributed by atoms with van der Waals surface area (Å²) < 4.78 is 28.8. The molecule has 7 nitrogen and oxygen atoms in total. The van der Waals surface area contributed by atoms with E-state index >= 15 is 0 Å².